The van der Waals surface area contributed by atoms with Crippen LogP contribution in [0.15, 0.2) is 30.3 Å². The molecule has 0 aromatic heterocycles. The van der Waals surface area contributed by atoms with Gasteiger partial charge in [0, 0.05) is 38.9 Å². The van der Waals surface area contributed by atoms with Crippen LogP contribution in [0.25, 0.3) is 0 Å². The molecule has 1 aliphatic carbocycles. The van der Waals surface area contributed by atoms with Gasteiger partial charge in [-0.25, -0.2) is 4.39 Å². The van der Waals surface area contributed by atoms with Crippen molar-refractivity contribution < 1.29 is 29.0 Å². The van der Waals surface area contributed by atoms with Gasteiger partial charge in [-0.15, -0.1) is 24.7 Å². The summed E-state index contributed by atoms with van der Waals surface area (Å²) in [5.41, 5.74) is 0.846. The van der Waals surface area contributed by atoms with Gasteiger partial charge in [0.05, 0.1) is 18.1 Å². The summed E-state index contributed by atoms with van der Waals surface area (Å²) in [6.07, 6.45) is 14.7. The number of alkyl halides is 1. The molecule has 9 nitrogen and oxygen atoms in total. The van der Waals surface area contributed by atoms with Crippen molar-refractivity contribution in [3.05, 3.63) is 35.9 Å². The molecule has 5 unspecified atom stereocenters. The molecule has 4 N–H and O–H groups in total. The SMILES string of the molecule is C#CCC(O)C(O)C(CC1CCCCC1)NC(=O)[C@@H](NC(=O)C(CC(=O)N(C)CCN(C)CF)Cc1ccccc1)C(C#C)CC. The zero-order valence-electron chi connectivity index (χ0n) is 27.7. The Bertz CT molecular complexity index is 1160. The van der Waals surface area contributed by atoms with Crippen molar-refractivity contribution in [3.63, 3.8) is 0 Å². The van der Waals surface area contributed by atoms with Crippen molar-refractivity contribution in [2.24, 2.45) is 17.8 Å². The zero-order chi connectivity index (χ0) is 34.1. The number of carbonyl (C=O) groups excluding carboxylic acids is 3. The number of likely N-dealkylation sites (N-methyl/N-ethyl adjacent to an activating group) is 2. The lowest BCUT2D eigenvalue weighted by Gasteiger charge is -2.34. The fourth-order valence-electron chi connectivity index (χ4n) is 5.95. The molecule has 0 saturated heterocycles. The summed E-state index contributed by atoms with van der Waals surface area (Å²) in [6, 6.07) is 7.34. The van der Waals surface area contributed by atoms with Gasteiger partial charge < -0.3 is 25.7 Å². The molecule has 1 fully saturated rings. The lowest BCUT2D eigenvalue weighted by Crippen LogP contribution is -2.57. The van der Waals surface area contributed by atoms with Gasteiger partial charge >= 0.3 is 0 Å². The van der Waals surface area contributed by atoms with E-state index in [-0.39, 0.29) is 37.6 Å². The van der Waals surface area contributed by atoms with Crippen LogP contribution in [0, 0.1) is 42.4 Å². The highest BCUT2D eigenvalue weighted by atomic mass is 19.1. The van der Waals surface area contributed by atoms with E-state index in [0.717, 1.165) is 37.7 Å². The Kier molecular flexibility index (Phi) is 17.4. The van der Waals surface area contributed by atoms with Crippen molar-refractivity contribution in [1.82, 2.24) is 20.4 Å². The van der Waals surface area contributed by atoms with E-state index in [2.05, 4.69) is 22.5 Å². The third-order valence-corrected chi connectivity index (χ3v) is 8.97. The highest BCUT2D eigenvalue weighted by molar-refractivity contribution is 5.91. The summed E-state index contributed by atoms with van der Waals surface area (Å²) in [4.78, 5) is 43.9. The first-order valence-corrected chi connectivity index (χ1v) is 16.4. The van der Waals surface area contributed by atoms with Gasteiger partial charge in [0.25, 0.3) is 0 Å². The van der Waals surface area contributed by atoms with Crippen molar-refractivity contribution in [2.75, 3.05) is 34.0 Å². The van der Waals surface area contributed by atoms with Crippen LogP contribution in [0.3, 0.4) is 0 Å². The van der Waals surface area contributed by atoms with E-state index in [9.17, 15) is 29.0 Å². The third-order valence-electron chi connectivity index (χ3n) is 8.97. The van der Waals surface area contributed by atoms with Gasteiger partial charge in [0.1, 0.15) is 18.9 Å². The summed E-state index contributed by atoms with van der Waals surface area (Å²) < 4.78 is 12.9. The Labute approximate surface area is 274 Å². The van der Waals surface area contributed by atoms with E-state index in [1.807, 2.05) is 37.3 Å². The Morgan fingerprint density at radius 2 is 1.70 bits per heavy atom. The van der Waals surface area contributed by atoms with E-state index >= 15 is 0 Å². The molecule has 6 atom stereocenters. The van der Waals surface area contributed by atoms with Gasteiger partial charge in [-0.1, -0.05) is 69.4 Å². The number of halogens is 1. The highest BCUT2D eigenvalue weighted by Gasteiger charge is 2.36. The second-order valence-corrected chi connectivity index (χ2v) is 12.6. The average molecular weight is 641 g/mol. The van der Waals surface area contributed by atoms with Crippen molar-refractivity contribution in [1.29, 1.82) is 0 Å². The molecule has 0 radical (unpaired) electrons. The molecule has 254 valence electrons. The van der Waals surface area contributed by atoms with Crippen LogP contribution in [0.1, 0.15) is 70.3 Å². The first kappa shape index (κ1) is 38.7. The third kappa shape index (κ3) is 12.7. The lowest BCUT2D eigenvalue weighted by atomic mass is 9.82. The van der Waals surface area contributed by atoms with Crippen LogP contribution in [0.2, 0.25) is 0 Å². The normalized spacial score (nSPS) is 17.4. The largest absolute Gasteiger partial charge is 0.389 e. The van der Waals surface area contributed by atoms with Crippen LogP contribution in [0.5, 0.6) is 0 Å². The summed E-state index contributed by atoms with van der Waals surface area (Å²) >= 11 is 0. The summed E-state index contributed by atoms with van der Waals surface area (Å²) in [6.45, 7) is 1.80. The number of nitrogens with one attached hydrogen (secondary N) is 2. The molecule has 0 spiro atoms. The van der Waals surface area contributed by atoms with Gasteiger partial charge in [0.15, 0.2) is 0 Å². The maximum Gasteiger partial charge on any atom is 0.244 e. The van der Waals surface area contributed by atoms with Crippen LogP contribution in [-0.2, 0) is 20.8 Å². The minimum Gasteiger partial charge on any atom is -0.389 e. The molecule has 0 heterocycles. The minimum atomic E-state index is -1.31. The first-order chi connectivity index (χ1) is 22.0. The molecule has 1 aromatic carbocycles. The number of hydrogen-bond donors (Lipinski definition) is 4. The molecule has 1 saturated carbocycles. The van der Waals surface area contributed by atoms with Crippen molar-refractivity contribution in [3.8, 4) is 24.7 Å². The van der Waals surface area contributed by atoms with Crippen molar-refractivity contribution in [2.45, 2.75) is 95.4 Å². The summed E-state index contributed by atoms with van der Waals surface area (Å²) in [7, 11) is 3.22. The number of nitrogens with zero attached hydrogens (tertiary/aromatic N) is 2. The van der Waals surface area contributed by atoms with Gasteiger partial charge in [0.2, 0.25) is 17.7 Å². The number of rotatable bonds is 19. The molecule has 2 rings (SSSR count). The molecule has 1 aliphatic rings. The molecule has 10 heteroatoms. The smallest absolute Gasteiger partial charge is 0.244 e. The Morgan fingerprint density at radius 1 is 1.02 bits per heavy atom. The fourth-order valence-corrected chi connectivity index (χ4v) is 5.95. The quantitative estimate of drug-likeness (QED) is 0.136. The van der Waals surface area contributed by atoms with Gasteiger partial charge in [-0.3, -0.25) is 19.3 Å². The van der Waals surface area contributed by atoms with E-state index in [1.54, 1.807) is 14.1 Å². The number of amides is 3. The summed E-state index contributed by atoms with van der Waals surface area (Å²) in [5.74, 6) is 2.40. The maximum absolute atomic E-state index is 13.9. The first-order valence-electron chi connectivity index (χ1n) is 16.4. The highest BCUT2D eigenvalue weighted by Crippen LogP contribution is 2.29. The lowest BCUT2D eigenvalue weighted by molar-refractivity contribution is -0.137. The van der Waals surface area contributed by atoms with Crippen LogP contribution in [-0.4, -0.2) is 96.0 Å². The number of benzene rings is 1. The number of carbonyl (C=O) groups is 3. The molecule has 0 bridgehead atoms. The van der Waals surface area contributed by atoms with Crippen LogP contribution < -0.4 is 10.6 Å². The second-order valence-electron chi connectivity index (χ2n) is 12.6. The Hall–Kier alpha value is -3.44. The maximum atomic E-state index is 13.9. The molecule has 1 aromatic rings. The molecule has 3 amide bonds. The number of aliphatic hydroxyl groups excluding tert-OH is 2. The molecular weight excluding hydrogens is 587 g/mol. The van der Waals surface area contributed by atoms with Gasteiger partial charge in [-0.05, 0) is 37.8 Å². The van der Waals surface area contributed by atoms with E-state index in [0.29, 0.717) is 19.4 Å². The van der Waals surface area contributed by atoms with Gasteiger partial charge in [-0.2, -0.15) is 0 Å². The van der Waals surface area contributed by atoms with E-state index < -0.39 is 54.7 Å². The number of terminal acetylenes is 2. The predicted octanol–water partition coefficient (Wildman–Crippen LogP) is 2.90. The fraction of sp³-hybridized carbons (Fsp3) is 0.639. The van der Waals surface area contributed by atoms with E-state index in [1.165, 1.54) is 9.80 Å². The zero-order valence-corrected chi connectivity index (χ0v) is 27.7. The number of hydrogen-bond acceptors (Lipinski definition) is 6. The molecule has 46 heavy (non-hydrogen) atoms. The summed E-state index contributed by atoms with van der Waals surface area (Å²) in [5, 5.41) is 27.3. The molecular formula is C36H53FN4O5. The average Bonchev–Trinajstić information content (AvgIpc) is 3.06. The second kappa shape index (κ2) is 20.6. The minimum absolute atomic E-state index is 0.0754. The topological polar surface area (TPSA) is 122 Å². The standard InChI is InChI=1S/C36H53FN4O5/c1-6-15-31(42)34(44)30(23-27-18-13-10-14-19-27)38-36(46)33(28(7-2)8-3)39-35(45)29(22-26-16-11-9-12-17-26)24-32(43)41(5)21-20-40(4)25-37/h1-2,9,11-12,16-17,27-31,33-34,42,44H,8,10,13-15,18-25H2,3-5H3,(H,38,46)(H,39,45)/t28?,29?,30?,31?,33-,34?/m0/s1. The predicted molar refractivity (Wildman–Crippen MR) is 178 cm³/mol. The van der Waals surface area contributed by atoms with Crippen LogP contribution in [0.4, 0.5) is 4.39 Å². The van der Waals surface area contributed by atoms with Crippen LogP contribution >= 0.6 is 0 Å². The number of aliphatic hydroxyl groups is 2. The van der Waals surface area contributed by atoms with Crippen molar-refractivity contribution >= 4 is 17.7 Å². The monoisotopic (exact) mass is 640 g/mol. The molecule has 0 aliphatic heterocycles. The Morgan fingerprint density at radius 3 is 2.28 bits per heavy atom. The Balaban J connectivity index is 2.30. The van der Waals surface area contributed by atoms with E-state index in [4.69, 9.17) is 12.8 Å².